The Hall–Kier alpha value is -0.960. The van der Waals surface area contributed by atoms with Gasteiger partial charge in [-0.3, -0.25) is 4.99 Å². The van der Waals surface area contributed by atoms with Crippen molar-refractivity contribution in [1.29, 1.82) is 0 Å². The van der Waals surface area contributed by atoms with Crippen LogP contribution in [0, 0.1) is 5.41 Å². The molecule has 1 aromatic carbocycles. The van der Waals surface area contributed by atoms with Gasteiger partial charge < -0.3 is 5.32 Å². The van der Waals surface area contributed by atoms with Gasteiger partial charge in [0.15, 0.2) is 5.17 Å². The van der Waals surface area contributed by atoms with E-state index in [1.54, 1.807) is 5.56 Å². The Labute approximate surface area is 125 Å². The second kappa shape index (κ2) is 5.10. The largest absolute Gasteiger partial charge is 0.335 e. The average Bonchev–Trinajstić information content (AvgIpc) is 3.11. The van der Waals surface area contributed by atoms with Crippen LogP contribution in [0.4, 0.5) is 5.69 Å². The van der Waals surface area contributed by atoms with Crippen LogP contribution in [-0.2, 0) is 12.8 Å². The lowest BCUT2D eigenvalue weighted by molar-refractivity contribution is 0.359. The molecule has 2 aliphatic carbocycles. The molecule has 0 bridgehead atoms. The number of fused-ring (bicyclic) bond motifs is 1. The number of rotatable bonds is 1. The van der Waals surface area contributed by atoms with Crippen molar-refractivity contribution < 1.29 is 0 Å². The highest BCUT2D eigenvalue weighted by Gasteiger charge is 2.36. The van der Waals surface area contributed by atoms with Crippen LogP contribution in [-0.4, -0.2) is 17.5 Å². The molecule has 0 unspecified atom stereocenters. The number of hydrogen-bond acceptors (Lipinski definition) is 3. The molecule has 1 aromatic rings. The third-order valence-corrected chi connectivity index (χ3v) is 6.35. The fraction of sp³-hybridized carbons (Fsp3) is 0.588. The zero-order valence-corrected chi connectivity index (χ0v) is 12.8. The minimum Gasteiger partial charge on any atom is -0.335 e. The van der Waals surface area contributed by atoms with Crippen LogP contribution in [0.5, 0.6) is 0 Å². The highest BCUT2D eigenvalue weighted by Crippen LogP contribution is 2.43. The maximum Gasteiger partial charge on any atom is 0.161 e. The molecule has 1 N–H and O–H groups in total. The summed E-state index contributed by atoms with van der Waals surface area (Å²) in [6, 6.07) is 6.83. The van der Waals surface area contributed by atoms with E-state index in [0.29, 0.717) is 5.41 Å². The van der Waals surface area contributed by atoms with Crippen molar-refractivity contribution >= 4 is 22.6 Å². The van der Waals surface area contributed by atoms with Gasteiger partial charge in [0.05, 0.1) is 0 Å². The molecule has 106 valence electrons. The highest BCUT2D eigenvalue weighted by molar-refractivity contribution is 8.14. The molecule has 0 atom stereocenters. The smallest absolute Gasteiger partial charge is 0.161 e. The Morgan fingerprint density at radius 1 is 1.05 bits per heavy atom. The van der Waals surface area contributed by atoms with Crippen molar-refractivity contribution in [2.75, 3.05) is 17.6 Å². The second-order valence-electron chi connectivity index (χ2n) is 6.58. The van der Waals surface area contributed by atoms with Gasteiger partial charge >= 0.3 is 0 Å². The first-order valence-corrected chi connectivity index (χ1v) is 8.88. The summed E-state index contributed by atoms with van der Waals surface area (Å²) in [6.07, 6.45) is 9.40. The third kappa shape index (κ3) is 2.37. The molecular weight excluding hydrogens is 264 g/mol. The zero-order chi connectivity index (χ0) is 13.4. The number of aliphatic imine (C=N–C) groups is 1. The van der Waals surface area contributed by atoms with Crippen LogP contribution in [0.15, 0.2) is 23.2 Å². The number of benzene rings is 1. The van der Waals surface area contributed by atoms with Gasteiger partial charge in [0.2, 0.25) is 0 Å². The standard InChI is InChI=1S/C17H22N2S/c1-2-9-17(8-1)11-18-16(20-12-17)19-15-7-6-13-4-3-5-14(13)10-15/h6-7,10H,1-5,8-9,11-12H2,(H,18,19). The van der Waals surface area contributed by atoms with Crippen LogP contribution in [0.3, 0.4) is 0 Å². The van der Waals surface area contributed by atoms with Gasteiger partial charge in [0.1, 0.15) is 0 Å². The summed E-state index contributed by atoms with van der Waals surface area (Å²) in [7, 11) is 0. The molecule has 4 rings (SSSR count). The summed E-state index contributed by atoms with van der Waals surface area (Å²) in [6.45, 7) is 1.03. The van der Waals surface area contributed by atoms with E-state index in [1.807, 2.05) is 11.8 Å². The predicted octanol–water partition coefficient (Wildman–Crippen LogP) is 4.25. The van der Waals surface area contributed by atoms with Crippen molar-refractivity contribution in [3.05, 3.63) is 29.3 Å². The number of aryl methyl sites for hydroxylation is 2. The molecule has 1 saturated carbocycles. The SMILES string of the molecule is c1cc2c(cc1NC1=NCC3(CCCC3)CS1)CCC2. The maximum atomic E-state index is 4.82. The Bertz CT molecular complexity index is 544. The second-order valence-corrected chi connectivity index (χ2v) is 7.54. The van der Waals surface area contributed by atoms with E-state index >= 15 is 0 Å². The average molecular weight is 286 g/mol. The number of amidine groups is 1. The van der Waals surface area contributed by atoms with Crippen LogP contribution in [0.25, 0.3) is 0 Å². The van der Waals surface area contributed by atoms with Crippen LogP contribution < -0.4 is 5.32 Å². The Morgan fingerprint density at radius 2 is 1.90 bits per heavy atom. The Balaban J connectivity index is 1.46. The predicted molar refractivity (Wildman–Crippen MR) is 87.8 cm³/mol. The summed E-state index contributed by atoms with van der Waals surface area (Å²) in [5.74, 6) is 1.25. The molecule has 20 heavy (non-hydrogen) atoms. The number of nitrogens with one attached hydrogen (secondary N) is 1. The van der Waals surface area contributed by atoms with Crippen molar-refractivity contribution in [2.45, 2.75) is 44.9 Å². The van der Waals surface area contributed by atoms with Gasteiger partial charge in [-0.25, -0.2) is 0 Å². The summed E-state index contributed by atoms with van der Waals surface area (Å²) in [5, 5.41) is 4.66. The van der Waals surface area contributed by atoms with E-state index in [0.717, 1.165) is 11.7 Å². The Morgan fingerprint density at radius 3 is 2.70 bits per heavy atom. The summed E-state index contributed by atoms with van der Waals surface area (Å²) in [4.78, 5) is 4.82. The van der Waals surface area contributed by atoms with Gasteiger partial charge in [0.25, 0.3) is 0 Å². The fourth-order valence-corrected chi connectivity index (χ4v) is 5.00. The van der Waals surface area contributed by atoms with E-state index < -0.39 is 0 Å². The molecule has 0 radical (unpaired) electrons. The van der Waals surface area contributed by atoms with Crippen LogP contribution >= 0.6 is 11.8 Å². The molecule has 1 fully saturated rings. The van der Waals surface area contributed by atoms with E-state index in [-0.39, 0.29) is 0 Å². The minimum absolute atomic E-state index is 0.535. The quantitative estimate of drug-likeness (QED) is 0.834. The van der Waals surface area contributed by atoms with Gasteiger partial charge in [0, 0.05) is 18.0 Å². The minimum atomic E-state index is 0.535. The molecule has 0 aromatic heterocycles. The lowest BCUT2D eigenvalue weighted by atomic mass is 9.89. The van der Waals surface area contributed by atoms with Gasteiger partial charge in [-0.15, -0.1) is 0 Å². The van der Waals surface area contributed by atoms with Crippen LogP contribution in [0.1, 0.15) is 43.2 Å². The first-order chi connectivity index (χ1) is 9.83. The normalized spacial score (nSPS) is 23.7. The van der Waals surface area contributed by atoms with Crippen molar-refractivity contribution in [3.63, 3.8) is 0 Å². The molecule has 0 amide bonds. The molecular formula is C17H22N2S. The molecule has 1 spiro atoms. The van der Waals surface area contributed by atoms with Gasteiger partial charge in [-0.2, -0.15) is 0 Å². The van der Waals surface area contributed by atoms with E-state index in [1.165, 1.54) is 61.9 Å². The molecule has 1 aliphatic heterocycles. The van der Waals surface area contributed by atoms with E-state index in [4.69, 9.17) is 4.99 Å². The first kappa shape index (κ1) is 12.8. The number of hydrogen-bond donors (Lipinski definition) is 1. The highest BCUT2D eigenvalue weighted by atomic mass is 32.2. The lowest BCUT2D eigenvalue weighted by Crippen LogP contribution is -2.30. The molecule has 3 aliphatic rings. The zero-order valence-electron chi connectivity index (χ0n) is 12.0. The van der Waals surface area contributed by atoms with Crippen molar-refractivity contribution in [3.8, 4) is 0 Å². The first-order valence-electron chi connectivity index (χ1n) is 7.89. The van der Waals surface area contributed by atoms with Gasteiger partial charge in [-0.05, 0) is 60.8 Å². The maximum absolute atomic E-state index is 4.82. The monoisotopic (exact) mass is 286 g/mol. The van der Waals surface area contributed by atoms with Crippen LogP contribution in [0.2, 0.25) is 0 Å². The number of thioether (sulfide) groups is 1. The molecule has 1 heterocycles. The molecule has 0 saturated heterocycles. The Kier molecular flexibility index (Phi) is 3.25. The molecule has 3 heteroatoms. The number of anilines is 1. The summed E-state index contributed by atoms with van der Waals surface area (Å²) < 4.78 is 0. The third-order valence-electron chi connectivity index (χ3n) is 5.09. The summed E-state index contributed by atoms with van der Waals surface area (Å²) >= 11 is 1.93. The summed E-state index contributed by atoms with van der Waals surface area (Å²) in [5.41, 5.74) is 4.83. The van der Waals surface area contributed by atoms with Crippen molar-refractivity contribution in [2.24, 2.45) is 10.4 Å². The van der Waals surface area contributed by atoms with Gasteiger partial charge in [-0.1, -0.05) is 30.7 Å². The molecule has 2 nitrogen and oxygen atoms in total. The number of nitrogens with zero attached hydrogens (tertiary/aromatic N) is 1. The van der Waals surface area contributed by atoms with E-state index in [9.17, 15) is 0 Å². The van der Waals surface area contributed by atoms with Crippen molar-refractivity contribution in [1.82, 2.24) is 0 Å². The van der Waals surface area contributed by atoms with E-state index in [2.05, 4.69) is 23.5 Å². The topological polar surface area (TPSA) is 24.4 Å². The fourth-order valence-electron chi connectivity index (χ4n) is 3.83. The lowest BCUT2D eigenvalue weighted by Gasteiger charge is -2.31.